The number of hydrogen-bond acceptors (Lipinski definition) is 3. The van der Waals surface area contributed by atoms with Crippen LogP contribution in [0.4, 0.5) is 5.69 Å². The third-order valence-electron chi connectivity index (χ3n) is 3.70. The van der Waals surface area contributed by atoms with Crippen LogP contribution in [-0.2, 0) is 9.59 Å². The van der Waals surface area contributed by atoms with E-state index in [1.807, 2.05) is 30.0 Å². The number of anilines is 1. The van der Waals surface area contributed by atoms with Gasteiger partial charge in [0.25, 0.3) is 0 Å². The Kier molecular flexibility index (Phi) is 7.32. The maximum absolute atomic E-state index is 12.0. The number of carboxylic acid groups (broad SMARTS) is 1. The minimum atomic E-state index is -0.734. The van der Waals surface area contributed by atoms with E-state index in [2.05, 4.69) is 21.2 Å². The van der Waals surface area contributed by atoms with Gasteiger partial charge in [-0.05, 0) is 66.5 Å². The lowest BCUT2D eigenvalue weighted by atomic mass is 9.97. The number of hydrogen-bond donors (Lipinski definition) is 2. The van der Waals surface area contributed by atoms with Gasteiger partial charge in [-0.1, -0.05) is 6.07 Å². The Morgan fingerprint density at radius 2 is 2.00 bits per heavy atom. The van der Waals surface area contributed by atoms with E-state index in [0.29, 0.717) is 32.5 Å². The fourth-order valence-electron chi connectivity index (χ4n) is 2.45. The molecule has 7 heteroatoms. The molecule has 1 heterocycles. The highest BCUT2D eigenvalue weighted by Crippen LogP contribution is 2.23. The largest absolute Gasteiger partial charge is 0.481 e. The molecule has 1 amide bonds. The SMILES string of the molecule is Cc1ccc(NC(=O)CN2CCC(C(=O)O)CC2)c(Br)c1.Cl. The number of nitrogens with zero attached hydrogens (tertiary/aromatic N) is 1. The number of aliphatic carboxylic acids is 1. The van der Waals surface area contributed by atoms with E-state index in [1.54, 1.807) is 0 Å². The lowest BCUT2D eigenvalue weighted by Gasteiger charge is -2.29. The van der Waals surface area contributed by atoms with Gasteiger partial charge in [-0.25, -0.2) is 0 Å². The Bertz CT molecular complexity index is 546. The van der Waals surface area contributed by atoms with Crippen LogP contribution in [0.1, 0.15) is 18.4 Å². The van der Waals surface area contributed by atoms with Crippen molar-refractivity contribution in [2.24, 2.45) is 5.92 Å². The van der Waals surface area contributed by atoms with E-state index in [4.69, 9.17) is 5.11 Å². The third kappa shape index (κ3) is 5.26. The van der Waals surface area contributed by atoms with E-state index in [1.165, 1.54) is 0 Å². The normalized spacial score (nSPS) is 15.9. The number of amides is 1. The van der Waals surface area contributed by atoms with Crippen LogP contribution in [0.5, 0.6) is 0 Å². The fourth-order valence-corrected chi connectivity index (χ4v) is 3.04. The number of nitrogens with one attached hydrogen (secondary N) is 1. The van der Waals surface area contributed by atoms with Crippen LogP contribution in [0.25, 0.3) is 0 Å². The van der Waals surface area contributed by atoms with Gasteiger partial charge in [0.05, 0.1) is 18.2 Å². The van der Waals surface area contributed by atoms with Crippen LogP contribution in [-0.4, -0.2) is 41.5 Å². The van der Waals surface area contributed by atoms with E-state index >= 15 is 0 Å². The quantitative estimate of drug-likeness (QED) is 0.828. The van der Waals surface area contributed by atoms with Gasteiger partial charge in [0.15, 0.2) is 0 Å². The zero-order valence-electron chi connectivity index (χ0n) is 12.3. The lowest BCUT2D eigenvalue weighted by Crippen LogP contribution is -2.40. The molecule has 0 radical (unpaired) electrons. The molecule has 2 rings (SSSR count). The van der Waals surface area contributed by atoms with E-state index in [-0.39, 0.29) is 24.2 Å². The molecule has 1 aromatic rings. The molecule has 0 saturated carbocycles. The number of halogens is 2. The summed E-state index contributed by atoms with van der Waals surface area (Å²) in [5.41, 5.74) is 1.88. The number of piperidine rings is 1. The minimum Gasteiger partial charge on any atom is -0.481 e. The molecule has 1 fully saturated rings. The summed E-state index contributed by atoms with van der Waals surface area (Å²) < 4.78 is 0.862. The molecule has 0 aliphatic carbocycles. The molecule has 0 atom stereocenters. The molecule has 1 aliphatic rings. The van der Waals surface area contributed by atoms with Gasteiger partial charge in [0, 0.05) is 4.47 Å². The zero-order valence-corrected chi connectivity index (χ0v) is 14.7. The smallest absolute Gasteiger partial charge is 0.306 e. The van der Waals surface area contributed by atoms with Crippen LogP contribution in [0, 0.1) is 12.8 Å². The molecule has 0 spiro atoms. The molecule has 1 aromatic carbocycles. The van der Waals surface area contributed by atoms with Gasteiger partial charge in [0.1, 0.15) is 0 Å². The highest BCUT2D eigenvalue weighted by Gasteiger charge is 2.25. The summed E-state index contributed by atoms with van der Waals surface area (Å²) in [5, 5.41) is 11.8. The predicted molar refractivity (Wildman–Crippen MR) is 91.6 cm³/mol. The first-order chi connectivity index (χ1) is 9.95. The van der Waals surface area contributed by atoms with Gasteiger partial charge in [0.2, 0.25) is 5.91 Å². The Labute approximate surface area is 144 Å². The summed E-state index contributed by atoms with van der Waals surface area (Å²) >= 11 is 3.43. The molecule has 0 aromatic heterocycles. The molecular weight excluding hydrogens is 372 g/mol. The number of rotatable bonds is 4. The molecule has 5 nitrogen and oxygen atoms in total. The van der Waals surface area contributed by atoms with Gasteiger partial charge >= 0.3 is 5.97 Å². The standard InChI is InChI=1S/C15H19BrN2O3.ClH/c1-10-2-3-13(12(16)8-10)17-14(19)9-18-6-4-11(5-7-18)15(20)21;/h2-3,8,11H,4-7,9H2,1H3,(H,17,19)(H,20,21);1H. The van der Waals surface area contributed by atoms with Crippen LogP contribution >= 0.6 is 28.3 Å². The zero-order chi connectivity index (χ0) is 15.4. The van der Waals surface area contributed by atoms with Crippen molar-refractivity contribution in [3.8, 4) is 0 Å². The van der Waals surface area contributed by atoms with Crippen LogP contribution in [0.15, 0.2) is 22.7 Å². The molecule has 22 heavy (non-hydrogen) atoms. The molecule has 1 aliphatic heterocycles. The molecule has 0 bridgehead atoms. The highest BCUT2D eigenvalue weighted by molar-refractivity contribution is 9.10. The lowest BCUT2D eigenvalue weighted by molar-refractivity contribution is -0.143. The first-order valence-corrected chi connectivity index (χ1v) is 7.76. The van der Waals surface area contributed by atoms with Gasteiger partial charge in [-0.3, -0.25) is 14.5 Å². The summed E-state index contributed by atoms with van der Waals surface area (Å²) in [4.78, 5) is 24.9. The Balaban J connectivity index is 0.00000242. The van der Waals surface area contributed by atoms with Crippen molar-refractivity contribution in [1.82, 2.24) is 4.90 Å². The topological polar surface area (TPSA) is 69.6 Å². The molecular formula is C15H20BrClN2O3. The minimum absolute atomic E-state index is 0. The van der Waals surface area contributed by atoms with Crippen molar-refractivity contribution in [3.05, 3.63) is 28.2 Å². The van der Waals surface area contributed by atoms with Gasteiger partial charge in [-0.2, -0.15) is 0 Å². The van der Waals surface area contributed by atoms with Crippen molar-refractivity contribution in [2.75, 3.05) is 25.0 Å². The van der Waals surface area contributed by atoms with Crippen LogP contribution in [0.3, 0.4) is 0 Å². The maximum atomic E-state index is 12.0. The number of carboxylic acids is 1. The molecule has 2 N–H and O–H groups in total. The van der Waals surface area contributed by atoms with Crippen LogP contribution < -0.4 is 5.32 Å². The van der Waals surface area contributed by atoms with E-state index in [9.17, 15) is 9.59 Å². The van der Waals surface area contributed by atoms with E-state index < -0.39 is 5.97 Å². The van der Waals surface area contributed by atoms with Crippen molar-refractivity contribution >= 4 is 45.9 Å². The number of carbonyl (C=O) groups is 2. The predicted octanol–water partition coefficient (Wildman–Crippen LogP) is 2.91. The van der Waals surface area contributed by atoms with Gasteiger partial charge in [-0.15, -0.1) is 12.4 Å². The monoisotopic (exact) mass is 390 g/mol. The summed E-state index contributed by atoms with van der Waals surface area (Å²) in [5.74, 6) is -1.08. The van der Waals surface area contributed by atoms with Crippen molar-refractivity contribution in [3.63, 3.8) is 0 Å². The highest BCUT2D eigenvalue weighted by atomic mass is 79.9. The van der Waals surface area contributed by atoms with Crippen molar-refractivity contribution in [1.29, 1.82) is 0 Å². The summed E-state index contributed by atoms with van der Waals surface area (Å²) in [7, 11) is 0. The number of aryl methyl sites for hydroxylation is 1. The Morgan fingerprint density at radius 1 is 1.36 bits per heavy atom. The summed E-state index contributed by atoms with van der Waals surface area (Å²) in [6.07, 6.45) is 1.22. The Hall–Kier alpha value is -1.11. The van der Waals surface area contributed by atoms with Crippen LogP contribution in [0.2, 0.25) is 0 Å². The molecule has 122 valence electrons. The second-order valence-corrected chi connectivity index (χ2v) is 6.27. The van der Waals surface area contributed by atoms with E-state index in [0.717, 1.165) is 15.7 Å². The maximum Gasteiger partial charge on any atom is 0.306 e. The Morgan fingerprint density at radius 3 is 2.55 bits per heavy atom. The number of benzene rings is 1. The number of carbonyl (C=O) groups excluding carboxylic acids is 1. The van der Waals surface area contributed by atoms with Crippen molar-refractivity contribution < 1.29 is 14.7 Å². The van der Waals surface area contributed by atoms with Gasteiger partial charge < -0.3 is 10.4 Å². The molecule has 0 unspecified atom stereocenters. The first-order valence-electron chi connectivity index (χ1n) is 6.97. The average Bonchev–Trinajstić information content (AvgIpc) is 2.42. The number of likely N-dealkylation sites (tertiary alicyclic amines) is 1. The summed E-state index contributed by atoms with van der Waals surface area (Å²) in [6, 6.07) is 5.76. The first kappa shape index (κ1) is 18.9. The molecule has 1 saturated heterocycles. The fraction of sp³-hybridized carbons (Fsp3) is 0.467. The average molecular weight is 392 g/mol. The summed E-state index contributed by atoms with van der Waals surface area (Å²) in [6.45, 7) is 3.59. The van der Waals surface area contributed by atoms with Crippen molar-refractivity contribution in [2.45, 2.75) is 19.8 Å². The second-order valence-electron chi connectivity index (χ2n) is 5.42. The second kappa shape index (κ2) is 8.50. The third-order valence-corrected chi connectivity index (χ3v) is 4.36.